The second-order valence-electron chi connectivity index (χ2n) is 4.84. The largest absolute Gasteiger partial charge is 0.442 e. The van der Waals surface area contributed by atoms with E-state index < -0.39 is 17.5 Å². The van der Waals surface area contributed by atoms with Crippen molar-refractivity contribution < 1.29 is 19.1 Å². The summed E-state index contributed by atoms with van der Waals surface area (Å²) in [4.78, 5) is 24.2. The smallest absolute Gasteiger partial charge is 0.360 e. The van der Waals surface area contributed by atoms with Crippen LogP contribution in [0.5, 0.6) is 5.75 Å². The van der Waals surface area contributed by atoms with Crippen molar-refractivity contribution in [2.45, 2.75) is 25.9 Å². The lowest BCUT2D eigenvalue weighted by Crippen LogP contribution is -2.42. The standard InChI is InChI=1S/C18H18O4/c1-3-18(22-14(2)19,15-10-6-4-7-11-15)17(20)21-16-12-8-5-9-13-16/h4-13H,3H2,1-2H3. The van der Waals surface area contributed by atoms with Crippen molar-refractivity contribution >= 4 is 11.9 Å². The van der Waals surface area contributed by atoms with Crippen LogP contribution in [0.1, 0.15) is 25.8 Å². The molecule has 0 amide bonds. The van der Waals surface area contributed by atoms with Crippen LogP contribution in [0.2, 0.25) is 0 Å². The number of para-hydroxylation sites is 1. The van der Waals surface area contributed by atoms with Gasteiger partial charge in [0.15, 0.2) is 0 Å². The fourth-order valence-electron chi connectivity index (χ4n) is 2.27. The van der Waals surface area contributed by atoms with Crippen LogP contribution in [0.3, 0.4) is 0 Å². The molecule has 1 atom stereocenters. The van der Waals surface area contributed by atoms with E-state index in [2.05, 4.69) is 0 Å². The molecule has 2 aromatic carbocycles. The highest BCUT2D eigenvalue weighted by Gasteiger charge is 2.44. The Morgan fingerprint density at radius 2 is 1.50 bits per heavy atom. The molecule has 0 aliphatic heterocycles. The summed E-state index contributed by atoms with van der Waals surface area (Å²) in [6.45, 7) is 3.06. The van der Waals surface area contributed by atoms with Gasteiger partial charge in [-0.05, 0) is 18.6 Å². The third-order valence-corrected chi connectivity index (χ3v) is 3.34. The number of carbonyl (C=O) groups excluding carboxylic acids is 2. The zero-order chi connectivity index (χ0) is 16.0. The zero-order valence-corrected chi connectivity index (χ0v) is 12.6. The van der Waals surface area contributed by atoms with E-state index in [-0.39, 0.29) is 6.42 Å². The van der Waals surface area contributed by atoms with Gasteiger partial charge < -0.3 is 9.47 Å². The molecule has 4 nitrogen and oxygen atoms in total. The van der Waals surface area contributed by atoms with Crippen LogP contribution in [-0.2, 0) is 19.9 Å². The van der Waals surface area contributed by atoms with E-state index in [0.29, 0.717) is 11.3 Å². The molecule has 4 heteroatoms. The van der Waals surface area contributed by atoms with Crippen molar-refractivity contribution in [3.8, 4) is 5.75 Å². The molecule has 0 fully saturated rings. The Hall–Kier alpha value is -2.62. The van der Waals surface area contributed by atoms with Crippen molar-refractivity contribution in [2.75, 3.05) is 0 Å². The highest BCUT2D eigenvalue weighted by Crippen LogP contribution is 2.32. The minimum atomic E-state index is -1.44. The molecule has 114 valence electrons. The summed E-state index contributed by atoms with van der Waals surface area (Å²) in [5.41, 5.74) is -0.850. The van der Waals surface area contributed by atoms with Gasteiger partial charge in [0, 0.05) is 12.5 Å². The van der Waals surface area contributed by atoms with Gasteiger partial charge in [0.1, 0.15) is 5.75 Å². The molecule has 0 bridgehead atoms. The summed E-state index contributed by atoms with van der Waals surface area (Å²) >= 11 is 0. The maximum Gasteiger partial charge on any atom is 0.360 e. The monoisotopic (exact) mass is 298 g/mol. The minimum Gasteiger partial charge on any atom is -0.442 e. The first-order chi connectivity index (χ1) is 10.6. The van der Waals surface area contributed by atoms with Crippen LogP contribution in [0.4, 0.5) is 0 Å². The van der Waals surface area contributed by atoms with E-state index in [4.69, 9.17) is 9.47 Å². The first-order valence-electron chi connectivity index (χ1n) is 7.11. The van der Waals surface area contributed by atoms with Crippen molar-refractivity contribution in [1.82, 2.24) is 0 Å². The third-order valence-electron chi connectivity index (χ3n) is 3.34. The van der Waals surface area contributed by atoms with Gasteiger partial charge in [-0.15, -0.1) is 0 Å². The predicted molar refractivity (Wildman–Crippen MR) is 82.3 cm³/mol. The van der Waals surface area contributed by atoms with Gasteiger partial charge in [-0.1, -0.05) is 55.5 Å². The van der Waals surface area contributed by atoms with E-state index in [1.54, 1.807) is 55.5 Å². The van der Waals surface area contributed by atoms with E-state index in [9.17, 15) is 9.59 Å². The molecule has 0 spiro atoms. The second-order valence-corrected chi connectivity index (χ2v) is 4.84. The first-order valence-corrected chi connectivity index (χ1v) is 7.11. The normalized spacial score (nSPS) is 13.0. The molecule has 2 aromatic rings. The number of hydrogen-bond donors (Lipinski definition) is 0. The van der Waals surface area contributed by atoms with Gasteiger partial charge in [0.25, 0.3) is 0 Å². The predicted octanol–water partition coefficient (Wildman–Crippen LogP) is 3.46. The molecule has 0 aliphatic carbocycles. The third kappa shape index (κ3) is 3.34. The Morgan fingerprint density at radius 1 is 0.955 bits per heavy atom. The molecule has 0 aliphatic rings. The molecule has 0 saturated heterocycles. The van der Waals surface area contributed by atoms with Crippen LogP contribution < -0.4 is 4.74 Å². The second kappa shape index (κ2) is 6.89. The van der Waals surface area contributed by atoms with Gasteiger partial charge in [-0.3, -0.25) is 4.79 Å². The van der Waals surface area contributed by atoms with Gasteiger partial charge in [-0.25, -0.2) is 4.79 Å². The molecule has 2 rings (SSSR count). The fraction of sp³-hybridized carbons (Fsp3) is 0.222. The molecule has 0 N–H and O–H groups in total. The summed E-state index contributed by atoms with van der Waals surface area (Å²) < 4.78 is 10.8. The van der Waals surface area contributed by atoms with E-state index in [1.807, 2.05) is 12.1 Å². The SMILES string of the molecule is CCC(OC(C)=O)(C(=O)Oc1ccccc1)c1ccccc1. The summed E-state index contributed by atoms with van der Waals surface area (Å²) in [5.74, 6) is -0.730. The maximum absolute atomic E-state index is 12.7. The number of benzene rings is 2. The van der Waals surface area contributed by atoms with E-state index in [0.717, 1.165) is 0 Å². The summed E-state index contributed by atoms with van der Waals surface area (Å²) in [6, 6.07) is 17.6. The minimum absolute atomic E-state index is 0.280. The average Bonchev–Trinajstić information content (AvgIpc) is 2.54. The van der Waals surface area contributed by atoms with Crippen LogP contribution in [0.15, 0.2) is 60.7 Å². The highest BCUT2D eigenvalue weighted by atomic mass is 16.6. The molecule has 1 unspecified atom stereocenters. The summed E-state index contributed by atoms with van der Waals surface area (Å²) in [6.07, 6.45) is 0.280. The van der Waals surface area contributed by atoms with Crippen LogP contribution in [-0.4, -0.2) is 11.9 Å². The number of hydrogen-bond acceptors (Lipinski definition) is 4. The van der Waals surface area contributed by atoms with Gasteiger partial charge in [0.2, 0.25) is 5.60 Å². The van der Waals surface area contributed by atoms with Crippen molar-refractivity contribution in [3.63, 3.8) is 0 Å². The lowest BCUT2D eigenvalue weighted by atomic mass is 9.90. The summed E-state index contributed by atoms with van der Waals surface area (Å²) in [5, 5.41) is 0. The lowest BCUT2D eigenvalue weighted by Gasteiger charge is -2.30. The Kier molecular flexibility index (Phi) is 4.94. The topological polar surface area (TPSA) is 52.6 Å². The number of carbonyl (C=O) groups is 2. The van der Waals surface area contributed by atoms with Crippen LogP contribution in [0, 0.1) is 0 Å². The number of ether oxygens (including phenoxy) is 2. The van der Waals surface area contributed by atoms with Crippen LogP contribution in [0.25, 0.3) is 0 Å². The van der Waals surface area contributed by atoms with E-state index >= 15 is 0 Å². The zero-order valence-electron chi connectivity index (χ0n) is 12.6. The first kappa shape index (κ1) is 15.8. The van der Waals surface area contributed by atoms with Crippen molar-refractivity contribution in [2.24, 2.45) is 0 Å². The van der Waals surface area contributed by atoms with Crippen LogP contribution >= 0.6 is 0 Å². The maximum atomic E-state index is 12.7. The average molecular weight is 298 g/mol. The molecule has 0 radical (unpaired) electrons. The Balaban J connectivity index is 2.39. The van der Waals surface area contributed by atoms with Crippen molar-refractivity contribution in [3.05, 3.63) is 66.2 Å². The quantitative estimate of drug-likeness (QED) is 0.626. The fourth-order valence-corrected chi connectivity index (χ4v) is 2.27. The lowest BCUT2D eigenvalue weighted by molar-refractivity contribution is -0.177. The summed E-state index contributed by atoms with van der Waals surface area (Å²) in [7, 11) is 0. The Labute approximate surface area is 129 Å². The van der Waals surface area contributed by atoms with E-state index in [1.165, 1.54) is 6.92 Å². The molecule has 0 aromatic heterocycles. The Bertz CT molecular complexity index is 637. The molecular formula is C18H18O4. The highest BCUT2D eigenvalue weighted by molar-refractivity contribution is 5.86. The number of rotatable bonds is 5. The molecule has 22 heavy (non-hydrogen) atoms. The van der Waals surface area contributed by atoms with Gasteiger partial charge in [0.05, 0.1) is 0 Å². The molecule has 0 saturated carbocycles. The van der Waals surface area contributed by atoms with Crippen molar-refractivity contribution in [1.29, 1.82) is 0 Å². The van der Waals surface area contributed by atoms with Gasteiger partial charge >= 0.3 is 11.9 Å². The Morgan fingerprint density at radius 3 is 2.00 bits per heavy atom. The molecule has 0 heterocycles. The van der Waals surface area contributed by atoms with Gasteiger partial charge in [-0.2, -0.15) is 0 Å². The number of esters is 2. The molecular weight excluding hydrogens is 280 g/mol.